The normalized spacial score (nSPS) is 23.6. The summed E-state index contributed by atoms with van der Waals surface area (Å²) in [6.07, 6.45) is 1.50. The molecule has 1 amide bonds. The Morgan fingerprint density at radius 3 is 2.43 bits per heavy atom. The van der Waals surface area contributed by atoms with Gasteiger partial charge in [-0.2, -0.15) is 4.31 Å². The molecule has 0 saturated carbocycles. The molecule has 2 saturated heterocycles. The first-order valence-corrected chi connectivity index (χ1v) is 10.9. The molecule has 1 aromatic rings. The monoisotopic (exact) mass is 410 g/mol. The first kappa shape index (κ1) is 20.8. The summed E-state index contributed by atoms with van der Waals surface area (Å²) in [7, 11) is -3.76. The molecule has 154 valence electrons. The zero-order valence-electron chi connectivity index (χ0n) is 16.2. The molecule has 0 aliphatic carbocycles. The van der Waals surface area contributed by atoms with Gasteiger partial charge >= 0.3 is 5.97 Å². The Morgan fingerprint density at radius 1 is 1.14 bits per heavy atom. The molecule has 2 aliphatic heterocycles. The van der Waals surface area contributed by atoms with E-state index in [-0.39, 0.29) is 48.3 Å². The first-order chi connectivity index (χ1) is 13.3. The minimum absolute atomic E-state index is 0.0223. The third-order valence-corrected chi connectivity index (χ3v) is 6.71. The van der Waals surface area contributed by atoms with E-state index >= 15 is 0 Å². The molecule has 0 unspecified atom stereocenters. The van der Waals surface area contributed by atoms with Crippen molar-refractivity contribution in [3.05, 3.63) is 29.8 Å². The summed E-state index contributed by atoms with van der Waals surface area (Å²) >= 11 is 0. The molecule has 0 N–H and O–H groups in total. The molecule has 2 heterocycles. The molecule has 8 nitrogen and oxygen atoms in total. The van der Waals surface area contributed by atoms with Gasteiger partial charge in [0.05, 0.1) is 22.7 Å². The standard InChI is InChI=1S/C19H26N2O6S/c1-14-11-21(12-15(2)27-14)28(24,25)17-7-5-6-16(10-17)19(23)26-13-18(22)20-8-3-4-9-20/h5-7,10,14-15H,3-4,8-9,11-13H2,1-2H3/t14-,15-/m0/s1. The van der Waals surface area contributed by atoms with Crippen LogP contribution in [0.15, 0.2) is 29.2 Å². The van der Waals surface area contributed by atoms with Crippen molar-refractivity contribution in [3.63, 3.8) is 0 Å². The number of carbonyl (C=O) groups is 2. The average Bonchev–Trinajstić information content (AvgIpc) is 3.20. The second kappa shape index (κ2) is 8.59. The van der Waals surface area contributed by atoms with Gasteiger partial charge in [0.1, 0.15) is 0 Å². The van der Waals surface area contributed by atoms with Crippen molar-refractivity contribution < 1.29 is 27.5 Å². The van der Waals surface area contributed by atoms with Crippen LogP contribution in [0.3, 0.4) is 0 Å². The van der Waals surface area contributed by atoms with Gasteiger partial charge in [-0.1, -0.05) is 6.07 Å². The summed E-state index contributed by atoms with van der Waals surface area (Å²) in [5.74, 6) is -0.945. The molecular weight excluding hydrogens is 384 g/mol. The van der Waals surface area contributed by atoms with Crippen LogP contribution in [-0.4, -0.2) is 74.5 Å². The van der Waals surface area contributed by atoms with Gasteiger partial charge in [-0.25, -0.2) is 13.2 Å². The number of amides is 1. The number of hydrogen-bond acceptors (Lipinski definition) is 6. The molecule has 28 heavy (non-hydrogen) atoms. The van der Waals surface area contributed by atoms with Crippen LogP contribution in [0, 0.1) is 0 Å². The fourth-order valence-corrected chi connectivity index (χ4v) is 5.16. The zero-order valence-corrected chi connectivity index (χ0v) is 17.0. The van der Waals surface area contributed by atoms with Crippen LogP contribution in [0.1, 0.15) is 37.0 Å². The van der Waals surface area contributed by atoms with Crippen molar-refractivity contribution in [2.45, 2.75) is 43.8 Å². The van der Waals surface area contributed by atoms with Crippen molar-refractivity contribution >= 4 is 21.9 Å². The Morgan fingerprint density at radius 2 is 1.79 bits per heavy atom. The lowest BCUT2D eigenvalue weighted by Crippen LogP contribution is -2.48. The van der Waals surface area contributed by atoms with Gasteiger partial charge in [-0.05, 0) is 44.9 Å². The Hall–Kier alpha value is -1.97. The van der Waals surface area contributed by atoms with Crippen LogP contribution in [0.5, 0.6) is 0 Å². The third kappa shape index (κ3) is 4.71. The van der Waals surface area contributed by atoms with E-state index in [1.54, 1.807) is 4.90 Å². The topological polar surface area (TPSA) is 93.2 Å². The fourth-order valence-electron chi connectivity index (χ4n) is 3.53. The minimum atomic E-state index is -3.76. The molecule has 2 atom stereocenters. The van der Waals surface area contributed by atoms with Crippen molar-refractivity contribution in [1.82, 2.24) is 9.21 Å². The van der Waals surface area contributed by atoms with Crippen LogP contribution >= 0.6 is 0 Å². The number of hydrogen-bond donors (Lipinski definition) is 0. The molecule has 0 bridgehead atoms. The van der Waals surface area contributed by atoms with Crippen LogP contribution in [0.2, 0.25) is 0 Å². The molecule has 1 aromatic carbocycles. The number of benzene rings is 1. The van der Waals surface area contributed by atoms with E-state index in [2.05, 4.69) is 0 Å². The third-order valence-electron chi connectivity index (χ3n) is 4.88. The molecule has 3 rings (SSSR count). The number of sulfonamides is 1. The highest BCUT2D eigenvalue weighted by Crippen LogP contribution is 2.22. The second-order valence-corrected chi connectivity index (χ2v) is 9.21. The number of ether oxygens (including phenoxy) is 2. The van der Waals surface area contributed by atoms with Crippen LogP contribution in [0.25, 0.3) is 0 Å². The lowest BCUT2D eigenvalue weighted by atomic mass is 10.2. The number of rotatable bonds is 5. The summed E-state index contributed by atoms with van der Waals surface area (Å²) in [6, 6.07) is 5.72. The van der Waals surface area contributed by atoms with Gasteiger partial charge < -0.3 is 14.4 Å². The van der Waals surface area contributed by atoms with E-state index in [0.717, 1.165) is 12.8 Å². The van der Waals surface area contributed by atoms with Gasteiger partial charge in [-0.3, -0.25) is 4.79 Å². The maximum Gasteiger partial charge on any atom is 0.338 e. The van der Waals surface area contributed by atoms with E-state index in [1.807, 2.05) is 13.8 Å². The number of carbonyl (C=O) groups excluding carboxylic acids is 2. The maximum absolute atomic E-state index is 13.0. The zero-order chi connectivity index (χ0) is 20.3. The molecule has 0 radical (unpaired) electrons. The van der Waals surface area contributed by atoms with Crippen LogP contribution in [0.4, 0.5) is 0 Å². The fraction of sp³-hybridized carbons (Fsp3) is 0.579. The van der Waals surface area contributed by atoms with Gasteiger partial charge in [0.15, 0.2) is 6.61 Å². The van der Waals surface area contributed by atoms with E-state index in [4.69, 9.17) is 9.47 Å². The van der Waals surface area contributed by atoms with Gasteiger partial charge in [0.2, 0.25) is 10.0 Å². The van der Waals surface area contributed by atoms with E-state index in [1.165, 1.54) is 28.6 Å². The van der Waals surface area contributed by atoms with E-state index in [9.17, 15) is 18.0 Å². The summed E-state index contributed by atoms with van der Waals surface area (Å²) in [4.78, 5) is 26.0. The van der Waals surface area contributed by atoms with Crippen molar-refractivity contribution in [3.8, 4) is 0 Å². The maximum atomic E-state index is 13.0. The predicted molar refractivity (Wildman–Crippen MR) is 101 cm³/mol. The van der Waals surface area contributed by atoms with E-state index in [0.29, 0.717) is 13.1 Å². The van der Waals surface area contributed by atoms with Crippen LogP contribution in [-0.2, 0) is 24.3 Å². The van der Waals surface area contributed by atoms with Crippen molar-refractivity contribution in [2.75, 3.05) is 32.8 Å². The SMILES string of the molecule is C[C@H]1CN(S(=O)(=O)c2cccc(C(=O)OCC(=O)N3CCCC3)c2)C[C@H](C)O1. The molecule has 0 spiro atoms. The van der Waals surface area contributed by atoms with Crippen LogP contribution < -0.4 is 0 Å². The summed E-state index contributed by atoms with van der Waals surface area (Å²) in [6.45, 7) is 5.18. The first-order valence-electron chi connectivity index (χ1n) is 9.48. The number of esters is 1. The highest BCUT2D eigenvalue weighted by Gasteiger charge is 2.32. The van der Waals surface area contributed by atoms with Crippen molar-refractivity contribution in [2.24, 2.45) is 0 Å². The second-order valence-electron chi connectivity index (χ2n) is 7.27. The van der Waals surface area contributed by atoms with E-state index < -0.39 is 16.0 Å². The molecule has 0 aromatic heterocycles. The average molecular weight is 410 g/mol. The largest absolute Gasteiger partial charge is 0.452 e. The quantitative estimate of drug-likeness (QED) is 0.679. The Labute approximate surface area is 165 Å². The highest BCUT2D eigenvalue weighted by molar-refractivity contribution is 7.89. The number of morpholine rings is 1. The van der Waals surface area contributed by atoms with Gasteiger partial charge in [0.25, 0.3) is 5.91 Å². The van der Waals surface area contributed by atoms with Crippen molar-refractivity contribution in [1.29, 1.82) is 0 Å². The molecule has 9 heteroatoms. The predicted octanol–water partition coefficient (Wildman–Crippen LogP) is 1.26. The summed E-state index contributed by atoms with van der Waals surface area (Å²) in [5.41, 5.74) is 0.102. The summed E-state index contributed by atoms with van der Waals surface area (Å²) in [5, 5.41) is 0. The Kier molecular flexibility index (Phi) is 6.36. The molecule has 2 aliphatic rings. The van der Waals surface area contributed by atoms with Gasteiger partial charge in [0, 0.05) is 26.2 Å². The molecular formula is C19H26N2O6S. The molecule has 2 fully saturated rings. The number of likely N-dealkylation sites (tertiary alicyclic amines) is 1. The number of nitrogens with zero attached hydrogens (tertiary/aromatic N) is 2. The minimum Gasteiger partial charge on any atom is -0.452 e. The van der Waals surface area contributed by atoms with Gasteiger partial charge in [-0.15, -0.1) is 0 Å². The lowest BCUT2D eigenvalue weighted by Gasteiger charge is -2.34. The smallest absolute Gasteiger partial charge is 0.338 e. The summed E-state index contributed by atoms with van der Waals surface area (Å²) < 4.78 is 38.0. The lowest BCUT2D eigenvalue weighted by molar-refractivity contribution is -0.133. The Bertz CT molecular complexity index is 825. The highest BCUT2D eigenvalue weighted by atomic mass is 32.2. The Balaban J connectivity index is 1.68.